The first-order valence-corrected chi connectivity index (χ1v) is 5.29. The van der Waals surface area contributed by atoms with Gasteiger partial charge in [0.2, 0.25) is 6.79 Å². The normalized spacial score (nSPS) is 13.3. The molecule has 76 valence electrons. The molecule has 0 atom stereocenters. The first-order valence-electron chi connectivity index (χ1n) is 4.50. The number of benzene rings is 1. The van der Waals surface area contributed by atoms with Crippen molar-refractivity contribution in [2.45, 2.75) is 12.8 Å². The van der Waals surface area contributed by atoms with Gasteiger partial charge >= 0.3 is 0 Å². The first-order chi connectivity index (χ1) is 6.81. The molecule has 14 heavy (non-hydrogen) atoms. The van der Waals surface area contributed by atoms with Crippen LogP contribution >= 0.6 is 15.9 Å². The summed E-state index contributed by atoms with van der Waals surface area (Å²) in [6.07, 6.45) is 1.62. The predicted octanol–water partition coefficient (Wildman–Crippen LogP) is 2.10. The quantitative estimate of drug-likeness (QED) is 0.903. The van der Waals surface area contributed by atoms with Gasteiger partial charge in [-0.2, -0.15) is 0 Å². The Morgan fingerprint density at radius 2 is 2.21 bits per heavy atom. The molecule has 1 N–H and O–H groups in total. The van der Waals surface area contributed by atoms with Crippen molar-refractivity contribution in [1.82, 2.24) is 0 Å². The predicted molar refractivity (Wildman–Crippen MR) is 55.7 cm³/mol. The average Bonchev–Trinajstić information content (AvgIpc) is 2.63. The number of aliphatic hydroxyl groups excluding tert-OH is 1. The van der Waals surface area contributed by atoms with E-state index in [1.165, 1.54) is 0 Å². The molecule has 1 heterocycles. The van der Waals surface area contributed by atoms with Crippen LogP contribution in [-0.2, 0) is 6.42 Å². The van der Waals surface area contributed by atoms with Gasteiger partial charge in [-0.1, -0.05) is 0 Å². The topological polar surface area (TPSA) is 38.7 Å². The second-order valence-corrected chi connectivity index (χ2v) is 3.99. The number of aliphatic hydroxyl groups is 1. The fourth-order valence-electron chi connectivity index (χ4n) is 1.45. The van der Waals surface area contributed by atoms with Crippen molar-refractivity contribution in [3.05, 3.63) is 22.2 Å². The molecule has 0 aliphatic carbocycles. The zero-order valence-electron chi connectivity index (χ0n) is 7.62. The van der Waals surface area contributed by atoms with E-state index in [1.54, 1.807) is 0 Å². The van der Waals surface area contributed by atoms with Gasteiger partial charge < -0.3 is 14.6 Å². The molecule has 0 unspecified atom stereocenters. The molecule has 0 aromatic heterocycles. The Bertz CT molecular complexity index is 338. The maximum atomic E-state index is 8.72. The molecule has 0 amide bonds. The van der Waals surface area contributed by atoms with Crippen molar-refractivity contribution >= 4 is 15.9 Å². The highest BCUT2D eigenvalue weighted by atomic mass is 79.9. The maximum absolute atomic E-state index is 8.72. The highest BCUT2D eigenvalue weighted by Gasteiger charge is 2.17. The monoisotopic (exact) mass is 258 g/mol. The number of hydrogen-bond donors (Lipinski definition) is 1. The summed E-state index contributed by atoms with van der Waals surface area (Å²) in [4.78, 5) is 0. The zero-order chi connectivity index (χ0) is 9.97. The van der Waals surface area contributed by atoms with Crippen molar-refractivity contribution in [2.24, 2.45) is 0 Å². The Labute approximate surface area is 90.8 Å². The highest BCUT2D eigenvalue weighted by Crippen LogP contribution is 2.40. The molecule has 1 aliphatic rings. The number of rotatable bonds is 3. The van der Waals surface area contributed by atoms with E-state index in [0.717, 1.165) is 34.4 Å². The standard InChI is InChI=1S/C10H11BrO3/c11-8-4-7(2-1-3-12)5-9-10(8)14-6-13-9/h4-5,12H,1-3,6H2. The summed E-state index contributed by atoms with van der Waals surface area (Å²) in [5, 5.41) is 8.72. The van der Waals surface area contributed by atoms with Crippen molar-refractivity contribution in [3.8, 4) is 11.5 Å². The largest absolute Gasteiger partial charge is 0.454 e. The summed E-state index contributed by atoms with van der Waals surface area (Å²) in [5.41, 5.74) is 1.15. The molecule has 0 saturated carbocycles. The van der Waals surface area contributed by atoms with Gasteiger partial charge in [0.15, 0.2) is 11.5 Å². The van der Waals surface area contributed by atoms with E-state index in [4.69, 9.17) is 14.6 Å². The fraction of sp³-hybridized carbons (Fsp3) is 0.400. The lowest BCUT2D eigenvalue weighted by Gasteiger charge is -2.04. The second-order valence-electron chi connectivity index (χ2n) is 3.14. The van der Waals surface area contributed by atoms with Gasteiger partial charge in [0.25, 0.3) is 0 Å². The molecule has 0 fully saturated rings. The van der Waals surface area contributed by atoms with Crippen LogP contribution in [0.2, 0.25) is 0 Å². The van der Waals surface area contributed by atoms with Gasteiger partial charge in [-0.3, -0.25) is 0 Å². The minimum atomic E-state index is 0.214. The van der Waals surface area contributed by atoms with Crippen LogP contribution in [-0.4, -0.2) is 18.5 Å². The molecule has 2 rings (SSSR count). The Kier molecular flexibility index (Phi) is 2.93. The Balaban J connectivity index is 2.23. The van der Waals surface area contributed by atoms with Crippen LogP contribution in [0.3, 0.4) is 0 Å². The third-order valence-electron chi connectivity index (χ3n) is 2.11. The smallest absolute Gasteiger partial charge is 0.231 e. The number of aryl methyl sites for hydroxylation is 1. The summed E-state index contributed by atoms with van der Waals surface area (Å²) in [6.45, 7) is 0.503. The molecule has 1 aliphatic heterocycles. The molecular weight excluding hydrogens is 248 g/mol. The van der Waals surface area contributed by atoms with Crippen molar-refractivity contribution < 1.29 is 14.6 Å². The van der Waals surface area contributed by atoms with Crippen molar-refractivity contribution in [2.75, 3.05) is 13.4 Å². The molecule has 0 radical (unpaired) electrons. The van der Waals surface area contributed by atoms with Crippen LogP contribution in [0.4, 0.5) is 0 Å². The van der Waals surface area contributed by atoms with Crippen LogP contribution in [0, 0.1) is 0 Å². The molecular formula is C10H11BrO3. The van der Waals surface area contributed by atoms with E-state index in [2.05, 4.69) is 15.9 Å². The lowest BCUT2D eigenvalue weighted by atomic mass is 10.1. The van der Waals surface area contributed by atoms with Crippen LogP contribution in [0.5, 0.6) is 11.5 Å². The molecule has 1 aromatic rings. The van der Waals surface area contributed by atoms with Crippen LogP contribution in [0.25, 0.3) is 0 Å². The van der Waals surface area contributed by atoms with Crippen LogP contribution in [0.15, 0.2) is 16.6 Å². The van der Waals surface area contributed by atoms with Gasteiger partial charge in [0, 0.05) is 6.61 Å². The minimum absolute atomic E-state index is 0.214. The van der Waals surface area contributed by atoms with Gasteiger partial charge in [-0.25, -0.2) is 0 Å². The molecule has 4 heteroatoms. The number of ether oxygens (including phenoxy) is 2. The maximum Gasteiger partial charge on any atom is 0.231 e. The third kappa shape index (κ3) is 1.86. The minimum Gasteiger partial charge on any atom is -0.454 e. The summed E-state index contributed by atoms with van der Waals surface area (Å²) < 4.78 is 11.5. The lowest BCUT2D eigenvalue weighted by molar-refractivity contribution is 0.173. The van der Waals surface area contributed by atoms with Crippen LogP contribution < -0.4 is 9.47 Å². The first kappa shape index (κ1) is 9.80. The summed E-state index contributed by atoms with van der Waals surface area (Å²) in [6, 6.07) is 3.96. The summed E-state index contributed by atoms with van der Waals surface area (Å²) in [5.74, 6) is 1.56. The van der Waals surface area contributed by atoms with Crippen molar-refractivity contribution in [3.63, 3.8) is 0 Å². The Morgan fingerprint density at radius 1 is 1.36 bits per heavy atom. The lowest BCUT2D eigenvalue weighted by Crippen LogP contribution is -1.93. The summed E-state index contributed by atoms with van der Waals surface area (Å²) in [7, 11) is 0. The highest BCUT2D eigenvalue weighted by molar-refractivity contribution is 9.10. The van der Waals surface area contributed by atoms with Gasteiger partial charge in [0.05, 0.1) is 4.47 Å². The van der Waals surface area contributed by atoms with Crippen LogP contribution in [0.1, 0.15) is 12.0 Å². The summed E-state index contributed by atoms with van der Waals surface area (Å²) >= 11 is 3.42. The van der Waals surface area contributed by atoms with E-state index >= 15 is 0 Å². The fourth-order valence-corrected chi connectivity index (χ4v) is 2.05. The Morgan fingerprint density at radius 3 is 3.00 bits per heavy atom. The molecule has 0 saturated heterocycles. The van der Waals surface area contributed by atoms with E-state index in [1.807, 2.05) is 12.1 Å². The third-order valence-corrected chi connectivity index (χ3v) is 2.70. The molecule has 1 aromatic carbocycles. The average molecular weight is 259 g/mol. The van der Waals surface area contributed by atoms with Gasteiger partial charge in [-0.05, 0) is 46.5 Å². The SMILES string of the molecule is OCCCc1cc(Br)c2c(c1)OCO2. The Hall–Kier alpha value is -0.740. The number of hydrogen-bond acceptors (Lipinski definition) is 3. The molecule has 3 nitrogen and oxygen atoms in total. The van der Waals surface area contributed by atoms with E-state index in [0.29, 0.717) is 0 Å². The molecule has 0 spiro atoms. The number of fused-ring (bicyclic) bond motifs is 1. The second kappa shape index (κ2) is 4.19. The van der Waals surface area contributed by atoms with Gasteiger partial charge in [0.1, 0.15) is 0 Å². The van der Waals surface area contributed by atoms with E-state index < -0.39 is 0 Å². The number of halogens is 1. The van der Waals surface area contributed by atoms with Crippen molar-refractivity contribution in [1.29, 1.82) is 0 Å². The zero-order valence-corrected chi connectivity index (χ0v) is 9.21. The van der Waals surface area contributed by atoms with E-state index in [-0.39, 0.29) is 13.4 Å². The van der Waals surface area contributed by atoms with E-state index in [9.17, 15) is 0 Å². The molecule has 0 bridgehead atoms. The van der Waals surface area contributed by atoms with Gasteiger partial charge in [-0.15, -0.1) is 0 Å².